The maximum absolute atomic E-state index is 2.52. The average molecular weight is 221 g/mol. The first-order chi connectivity index (χ1) is 7.86. The summed E-state index contributed by atoms with van der Waals surface area (Å²) in [5.74, 6) is 0. The first-order valence-corrected chi connectivity index (χ1v) is 6.63. The van der Waals surface area contributed by atoms with Crippen LogP contribution in [0.15, 0.2) is 30.3 Å². The molecule has 0 saturated heterocycles. The van der Waals surface area contributed by atoms with Gasteiger partial charge in [0.05, 0.1) is 0 Å². The second kappa shape index (κ2) is 10.7. The molecular weight excluding hydrogens is 194 g/mol. The van der Waals surface area contributed by atoms with E-state index in [1.165, 1.54) is 31.5 Å². The minimum atomic E-state index is 1.10. The molecule has 0 amide bonds. The third-order valence-corrected chi connectivity index (χ3v) is 2.33. The van der Waals surface area contributed by atoms with Gasteiger partial charge in [0.1, 0.15) is 0 Å². The minimum Gasteiger partial charge on any atom is -0.299 e. The van der Waals surface area contributed by atoms with Crippen LogP contribution in [0.2, 0.25) is 0 Å². The molecule has 0 saturated carbocycles. The van der Waals surface area contributed by atoms with Crippen molar-refractivity contribution in [1.82, 2.24) is 4.90 Å². The van der Waals surface area contributed by atoms with Gasteiger partial charge in [-0.2, -0.15) is 0 Å². The Hall–Kier alpha value is -0.820. The van der Waals surface area contributed by atoms with E-state index >= 15 is 0 Å². The molecule has 16 heavy (non-hydrogen) atoms. The maximum Gasteiger partial charge on any atom is 0.0233 e. The molecule has 1 aromatic rings. The van der Waals surface area contributed by atoms with Gasteiger partial charge in [-0.25, -0.2) is 0 Å². The largest absolute Gasteiger partial charge is 0.299 e. The van der Waals surface area contributed by atoms with Gasteiger partial charge in [0.25, 0.3) is 0 Å². The quantitative estimate of drug-likeness (QED) is 0.691. The summed E-state index contributed by atoms with van der Waals surface area (Å²) in [6.45, 7) is 12.0. The van der Waals surface area contributed by atoms with Crippen LogP contribution in [0.4, 0.5) is 0 Å². The lowest BCUT2D eigenvalue weighted by Gasteiger charge is -2.20. The van der Waals surface area contributed by atoms with Crippen molar-refractivity contribution in [2.24, 2.45) is 0 Å². The Balaban J connectivity index is 0.00000106. The monoisotopic (exact) mass is 221 g/mol. The molecule has 0 bridgehead atoms. The van der Waals surface area contributed by atoms with Crippen LogP contribution in [0.25, 0.3) is 0 Å². The lowest BCUT2D eigenvalue weighted by molar-refractivity contribution is 0.266. The summed E-state index contributed by atoms with van der Waals surface area (Å²) in [5, 5.41) is 0. The zero-order valence-electron chi connectivity index (χ0n) is 11.4. The summed E-state index contributed by atoms with van der Waals surface area (Å²) >= 11 is 0. The van der Waals surface area contributed by atoms with Gasteiger partial charge >= 0.3 is 0 Å². The van der Waals surface area contributed by atoms with E-state index in [2.05, 4.69) is 49.1 Å². The van der Waals surface area contributed by atoms with Gasteiger partial charge < -0.3 is 0 Å². The van der Waals surface area contributed by atoms with E-state index < -0.39 is 0 Å². The van der Waals surface area contributed by atoms with Crippen LogP contribution in [0, 0.1) is 0 Å². The first kappa shape index (κ1) is 15.2. The number of hydrogen-bond donors (Lipinski definition) is 0. The van der Waals surface area contributed by atoms with Gasteiger partial charge in [0, 0.05) is 6.54 Å². The maximum atomic E-state index is 2.52. The van der Waals surface area contributed by atoms with Gasteiger partial charge in [-0.15, -0.1) is 0 Å². The molecule has 0 heterocycles. The molecule has 1 aromatic carbocycles. The summed E-state index contributed by atoms with van der Waals surface area (Å²) in [7, 11) is 0. The fraction of sp³-hybridized carbons (Fsp3) is 0.600. The van der Waals surface area contributed by atoms with Crippen LogP contribution < -0.4 is 0 Å². The zero-order valence-corrected chi connectivity index (χ0v) is 11.4. The SMILES string of the molecule is CC.CCCN(CCC)Cc1ccccc1. The molecule has 92 valence electrons. The predicted octanol–water partition coefficient (Wildman–Crippen LogP) is 4.33. The Morgan fingerprint density at radius 3 is 1.81 bits per heavy atom. The van der Waals surface area contributed by atoms with Gasteiger partial charge in [0.2, 0.25) is 0 Å². The molecule has 0 aromatic heterocycles. The first-order valence-electron chi connectivity index (χ1n) is 6.63. The number of nitrogens with zero attached hydrogens (tertiary/aromatic N) is 1. The van der Waals surface area contributed by atoms with Gasteiger partial charge in [-0.1, -0.05) is 58.0 Å². The molecule has 0 aliphatic heterocycles. The standard InChI is InChI=1S/C13H21N.C2H6/c1-3-10-14(11-4-2)12-13-8-6-5-7-9-13;1-2/h5-9H,3-4,10-12H2,1-2H3;1-2H3. The molecule has 1 heteroatoms. The van der Waals surface area contributed by atoms with E-state index in [9.17, 15) is 0 Å². The molecule has 0 unspecified atom stereocenters. The smallest absolute Gasteiger partial charge is 0.0233 e. The van der Waals surface area contributed by atoms with E-state index in [1.54, 1.807) is 0 Å². The minimum absolute atomic E-state index is 1.10. The molecule has 1 rings (SSSR count). The van der Waals surface area contributed by atoms with Gasteiger partial charge in [-0.3, -0.25) is 4.90 Å². The molecule has 0 radical (unpaired) electrons. The van der Waals surface area contributed by atoms with Crippen molar-refractivity contribution in [3.05, 3.63) is 35.9 Å². The molecule has 0 atom stereocenters. The van der Waals surface area contributed by atoms with Crippen molar-refractivity contribution >= 4 is 0 Å². The Labute approximate surface area is 101 Å². The molecule has 1 nitrogen and oxygen atoms in total. The number of rotatable bonds is 6. The van der Waals surface area contributed by atoms with Crippen molar-refractivity contribution in [2.45, 2.75) is 47.1 Å². The molecule has 0 fully saturated rings. The summed E-state index contributed by atoms with van der Waals surface area (Å²) in [5.41, 5.74) is 1.43. The zero-order chi connectivity index (χ0) is 12.2. The highest BCUT2D eigenvalue weighted by atomic mass is 15.1. The molecule has 0 N–H and O–H groups in total. The lowest BCUT2D eigenvalue weighted by Crippen LogP contribution is -2.24. The molecular formula is C15H27N. The van der Waals surface area contributed by atoms with Gasteiger partial charge in [0.15, 0.2) is 0 Å². The van der Waals surface area contributed by atoms with Crippen molar-refractivity contribution in [3.8, 4) is 0 Å². The van der Waals surface area contributed by atoms with E-state index in [1.807, 2.05) is 13.8 Å². The second-order valence-corrected chi connectivity index (χ2v) is 3.76. The van der Waals surface area contributed by atoms with E-state index in [4.69, 9.17) is 0 Å². The van der Waals surface area contributed by atoms with Crippen LogP contribution in [-0.4, -0.2) is 18.0 Å². The number of hydrogen-bond acceptors (Lipinski definition) is 1. The Morgan fingerprint density at radius 2 is 1.38 bits per heavy atom. The molecule has 0 spiro atoms. The van der Waals surface area contributed by atoms with Crippen molar-refractivity contribution in [2.75, 3.05) is 13.1 Å². The summed E-state index contributed by atoms with van der Waals surface area (Å²) in [6.07, 6.45) is 2.49. The summed E-state index contributed by atoms with van der Waals surface area (Å²) < 4.78 is 0. The van der Waals surface area contributed by atoms with Crippen molar-refractivity contribution in [3.63, 3.8) is 0 Å². The van der Waals surface area contributed by atoms with Crippen LogP contribution in [0.1, 0.15) is 46.1 Å². The predicted molar refractivity (Wildman–Crippen MR) is 73.6 cm³/mol. The normalized spacial score (nSPS) is 9.81. The highest BCUT2D eigenvalue weighted by molar-refractivity contribution is 5.14. The molecule has 0 aliphatic carbocycles. The topological polar surface area (TPSA) is 3.24 Å². The van der Waals surface area contributed by atoms with Crippen LogP contribution in [-0.2, 0) is 6.54 Å². The van der Waals surface area contributed by atoms with Crippen LogP contribution >= 0.6 is 0 Å². The van der Waals surface area contributed by atoms with Crippen LogP contribution in [0.3, 0.4) is 0 Å². The molecule has 0 aliphatic rings. The highest BCUT2D eigenvalue weighted by Gasteiger charge is 2.02. The third kappa shape index (κ3) is 6.62. The average Bonchev–Trinajstić information content (AvgIpc) is 2.34. The van der Waals surface area contributed by atoms with Crippen LogP contribution in [0.5, 0.6) is 0 Å². The second-order valence-electron chi connectivity index (χ2n) is 3.76. The van der Waals surface area contributed by atoms with E-state index in [0.29, 0.717) is 0 Å². The summed E-state index contributed by atoms with van der Waals surface area (Å²) in [4.78, 5) is 2.52. The highest BCUT2D eigenvalue weighted by Crippen LogP contribution is 2.05. The third-order valence-electron chi connectivity index (χ3n) is 2.33. The van der Waals surface area contributed by atoms with Gasteiger partial charge in [-0.05, 0) is 31.5 Å². The fourth-order valence-corrected chi connectivity index (χ4v) is 1.74. The lowest BCUT2D eigenvalue weighted by atomic mass is 10.2. The fourth-order valence-electron chi connectivity index (χ4n) is 1.74. The Bertz CT molecular complexity index is 224. The van der Waals surface area contributed by atoms with Crippen molar-refractivity contribution in [1.29, 1.82) is 0 Å². The van der Waals surface area contributed by atoms with E-state index in [0.717, 1.165) is 6.54 Å². The van der Waals surface area contributed by atoms with Crippen molar-refractivity contribution < 1.29 is 0 Å². The van der Waals surface area contributed by atoms with E-state index in [-0.39, 0.29) is 0 Å². The Morgan fingerprint density at radius 1 is 0.875 bits per heavy atom. The summed E-state index contributed by atoms with van der Waals surface area (Å²) in [6, 6.07) is 10.7. The number of benzene rings is 1. The Kier molecular flexibility index (Phi) is 10.1.